The Bertz CT molecular complexity index is 926. The Morgan fingerprint density at radius 1 is 1.15 bits per heavy atom. The third-order valence-corrected chi connectivity index (χ3v) is 5.28. The molecule has 5 nitrogen and oxygen atoms in total. The van der Waals surface area contributed by atoms with Crippen molar-refractivity contribution in [1.82, 2.24) is 14.5 Å². The van der Waals surface area contributed by atoms with Crippen LogP contribution in [-0.2, 0) is 23.8 Å². The minimum absolute atomic E-state index is 0.241. The van der Waals surface area contributed by atoms with Gasteiger partial charge in [-0.15, -0.1) is 11.6 Å². The number of alkyl halides is 1. The fourth-order valence-corrected chi connectivity index (χ4v) is 3.85. The van der Waals surface area contributed by atoms with E-state index >= 15 is 0 Å². The van der Waals surface area contributed by atoms with Crippen LogP contribution in [0.5, 0.6) is 0 Å². The fraction of sp³-hybridized carbons (Fsp3) is 0.333. The van der Waals surface area contributed by atoms with E-state index in [2.05, 4.69) is 15.6 Å². The molecule has 0 aliphatic carbocycles. The summed E-state index contributed by atoms with van der Waals surface area (Å²) < 4.78 is 7.64. The number of imidazole rings is 1. The van der Waals surface area contributed by atoms with Crippen LogP contribution in [0.3, 0.4) is 0 Å². The van der Waals surface area contributed by atoms with Gasteiger partial charge in [0.2, 0.25) is 0 Å². The van der Waals surface area contributed by atoms with Crippen molar-refractivity contribution in [3.05, 3.63) is 66.0 Å². The summed E-state index contributed by atoms with van der Waals surface area (Å²) in [4.78, 5) is 18.8. The number of likely N-dealkylation sites (tertiary alicyclic amines) is 1. The number of hydrogen-bond acceptors (Lipinski definition) is 3. The van der Waals surface area contributed by atoms with Crippen LogP contribution < -0.4 is 0 Å². The van der Waals surface area contributed by atoms with Gasteiger partial charge < -0.3 is 14.2 Å². The molecule has 1 aliphatic rings. The smallest absolute Gasteiger partial charge is 0.410 e. The van der Waals surface area contributed by atoms with E-state index in [1.165, 1.54) is 0 Å². The number of carbonyl (C=O) groups is 1. The monoisotopic (exact) mass is 383 g/mol. The van der Waals surface area contributed by atoms with Gasteiger partial charge in [-0.1, -0.05) is 42.5 Å². The number of fused-ring (bicyclic) bond motifs is 1. The van der Waals surface area contributed by atoms with E-state index in [4.69, 9.17) is 16.3 Å². The van der Waals surface area contributed by atoms with Crippen LogP contribution in [-0.4, -0.2) is 33.6 Å². The van der Waals surface area contributed by atoms with Gasteiger partial charge in [-0.3, -0.25) is 0 Å². The standard InChI is InChI=1S/C21H22ClN3O2/c22-12-20-23-18-8-4-5-9-19(18)25(20)14-17-10-11-24(13-17)21(26)27-15-16-6-2-1-3-7-16/h1-9,17H,10-15H2. The Kier molecular flexibility index (Phi) is 5.30. The van der Waals surface area contributed by atoms with Gasteiger partial charge in [-0.25, -0.2) is 9.78 Å². The van der Waals surface area contributed by atoms with Gasteiger partial charge >= 0.3 is 6.09 Å². The number of hydrogen-bond donors (Lipinski definition) is 0. The van der Waals surface area contributed by atoms with Crippen molar-refractivity contribution in [3.63, 3.8) is 0 Å². The van der Waals surface area contributed by atoms with Crippen LogP contribution in [0.2, 0.25) is 0 Å². The summed E-state index contributed by atoms with van der Waals surface area (Å²) in [5.74, 6) is 1.63. The van der Waals surface area contributed by atoms with E-state index < -0.39 is 0 Å². The van der Waals surface area contributed by atoms with Crippen molar-refractivity contribution in [2.24, 2.45) is 5.92 Å². The SMILES string of the molecule is O=C(OCc1ccccc1)N1CCC(Cn2c(CCl)nc3ccccc32)C1. The topological polar surface area (TPSA) is 47.4 Å². The molecule has 1 fully saturated rings. The molecule has 6 heteroatoms. The summed E-state index contributed by atoms with van der Waals surface area (Å²) >= 11 is 6.10. The zero-order valence-corrected chi connectivity index (χ0v) is 15.8. The van der Waals surface area contributed by atoms with Gasteiger partial charge in [0.15, 0.2) is 0 Å². The average Bonchev–Trinajstić information content (AvgIpc) is 3.32. The molecule has 0 saturated carbocycles. The lowest BCUT2D eigenvalue weighted by atomic mass is 10.1. The molecule has 1 saturated heterocycles. The first kappa shape index (κ1) is 17.9. The Labute approximate surface area is 163 Å². The van der Waals surface area contributed by atoms with Crippen LogP contribution in [0, 0.1) is 5.92 Å². The molecule has 1 unspecified atom stereocenters. The van der Waals surface area contributed by atoms with E-state index in [0.717, 1.165) is 41.9 Å². The molecule has 1 aliphatic heterocycles. The number of carbonyl (C=O) groups excluding carboxylic acids is 1. The number of rotatable bonds is 5. The summed E-state index contributed by atoms with van der Waals surface area (Å²) in [7, 11) is 0. The molecule has 0 spiro atoms. The summed E-state index contributed by atoms with van der Waals surface area (Å²) in [5.41, 5.74) is 3.06. The molecule has 4 rings (SSSR count). The minimum atomic E-state index is -0.241. The Morgan fingerprint density at radius 2 is 1.93 bits per heavy atom. The van der Waals surface area contributed by atoms with E-state index in [1.54, 1.807) is 4.90 Å². The first-order chi connectivity index (χ1) is 13.2. The quantitative estimate of drug-likeness (QED) is 0.612. The lowest BCUT2D eigenvalue weighted by Gasteiger charge is -2.17. The lowest BCUT2D eigenvalue weighted by molar-refractivity contribution is 0.103. The molecular formula is C21H22ClN3O2. The number of aromatic nitrogens is 2. The van der Waals surface area contributed by atoms with Crippen LogP contribution in [0.1, 0.15) is 17.8 Å². The third kappa shape index (κ3) is 3.93. The van der Waals surface area contributed by atoms with Crippen molar-refractivity contribution in [2.75, 3.05) is 13.1 Å². The highest BCUT2D eigenvalue weighted by Crippen LogP contribution is 2.24. The zero-order valence-electron chi connectivity index (χ0n) is 15.1. The molecule has 2 aromatic carbocycles. The van der Waals surface area contributed by atoms with Crippen LogP contribution in [0.25, 0.3) is 11.0 Å². The van der Waals surface area contributed by atoms with Crippen molar-refractivity contribution < 1.29 is 9.53 Å². The van der Waals surface area contributed by atoms with Crippen molar-refractivity contribution in [2.45, 2.75) is 25.5 Å². The highest BCUT2D eigenvalue weighted by molar-refractivity contribution is 6.16. The molecule has 2 heterocycles. The molecule has 0 bridgehead atoms. The van der Waals surface area contributed by atoms with Gasteiger partial charge in [0, 0.05) is 19.6 Å². The molecule has 3 aromatic rings. The second-order valence-electron chi connectivity index (χ2n) is 6.90. The normalized spacial score (nSPS) is 16.8. The maximum atomic E-state index is 12.4. The zero-order chi connectivity index (χ0) is 18.6. The minimum Gasteiger partial charge on any atom is -0.445 e. The molecule has 1 atom stereocenters. The first-order valence-corrected chi connectivity index (χ1v) is 9.74. The van der Waals surface area contributed by atoms with Gasteiger partial charge in [-0.2, -0.15) is 0 Å². The average molecular weight is 384 g/mol. The second-order valence-corrected chi connectivity index (χ2v) is 7.17. The maximum absolute atomic E-state index is 12.4. The van der Waals surface area contributed by atoms with Crippen LogP contribution >= 0.6 is 11.6 Å². The molecule has 0 radical (unpaired) electrons. The van der Waals surface area contributed by atoms with E-state index in [9.17, 15) is 4.79 Å². The number of ether oxygens (including phenoxy) is 1. The maximum Gasteiger partial charge on any atom is 0.410 e. The number of halogens is 1. The van der Waals surface area contributed by atoms with E-state index in [0.29, 0.717) is 24.9 Å². The summed E-state index contributed by atoms with van der Waals surface area (Å²) in [6.07, 6.45) is 0.712. The van der Waals surface area contributed by atoms with E-state index in [-0.39, 0.29) is 6.09 Å². The van der Waals surface area contributed by atoms with Crippen molar-refractivity contribution >= 4 is 28.7 Å². The molecular weight excluding hydrogens is 362 g/mol. The third-order valence-electron chi connectivity index (χ3n) is 5.04. The number of nitrogens with zero attached hydrogens (tertiary/aromatic N) is 3. The summed E-state index contributed by atoms with van der Waals surface area (Å²) in [5, 5.41) is 0. The van der Waals surface area contributed by atoms with Gasteiger partial charge in [0.25, 0.3) is 0 Å². The molecule has 1 aromatic heterocycles. The van der Waals surface area contributed by atoms with Crippen molar-refractivity contribution in [1.29, 1.82) is 0 Å². The number of benzene rings is 2. The molecule has 1 amide bonds. The first-order valence-electron chi connectivity index (χ1n) is 9.20. The Morgan fingerprint density at radius 3 is 2.74 bits per heavy atom. The van der Waals surface area contributed by atoms with E-state index in [1.807, 2.05) is 48.5 Å². The van der Waals surface area contributed by atoms with Gasteiger partial charge in [-0.05, 0) is 30.0 Å². The van der Waals surface area contributed by atoms with Crippen LogP contribution in [0.4, 0.5) is 4.79 Å². The number of para-hydroxylation sites is 2. The van der Waals surface area contributed by atoms with Gasteiger partial charge in [0.1, 0.15) is 12.4 Å². The molecule has 27 heavy (non-hydrogen) atoms. The van der Waals surface area contributed by atoms with Gasteiger partial charge in [0.05, 0.1) is 16.9 Å². The second kappa shape index (κ2) is 8.01. The number of amides is 1. The molecule has 140 valence electrons. The van der Waals surface area contributed by atoms with Crippen molar-refractivity contribution in [3.8, 4) is 0 Å². The largest absolute Gasteiger partial charge is 0.445 e. The highest BCUT2D eigenvalue weighted by atomic mass is 35.5. The predicted molar refractivity (Wildman–Crippen MR) is 106 cm³/mol. The summed E-state index contributed by atoms with van der Waals surface area (Å²) in [6, 6.07) is 17.8. The lowest BCUT2D eigenvalue weighted by Crippen LogP contribution is -2.29. The highest BCUT2D eigenvalue weighted by Gasteiger charge is 2.28. The Hall–Kier alpha value is -2.53. The summed E-state index contributed by atoms with van der Waals surface area (Å²) in [6.45, 7) is 2.54. The van der Waals surface area contributed by atoms with Crippen LogP contribution in [0.15, 0.2) is 54.6 Å². The Balaban J connectivity index is 1.38. The fourth-order valence-electron chi connectivity index (χ4n) is 3.65. The molecule has 0 N–H and O–H groups in total. The predicted octanol–water partition coefficient (Wildman–Crippen LogP) is 4.43.